The van der Waals surface area contributed by atoms with E-state index >= 15 is 4.39 Å². The van der Waals surface area contributed by atoms with Crippen LogP contribution in [0.3, 0.4) is 0 Å². The molecule has 1 aliphatic heterocycles. The fraction of sp³-hybridized carbons (Fsp3) is 0.458. The summed E-state index contributed by atoms with van der Waals surface area (Å²) < 4.78 is 85.9. The minimum absolute atomic E-state index is 0.0179. The highest BCUT2D eigenvalue weighted by atomic mass is 32.2. The van der Waals surface area contributed by atoms with Crippen molar-refractivity contribution in [1.29, 1.82) is 0 Å². The Balaban J connectivity index is 1.58. The third kappa shape index (κ3) is 5.75. The van der Waals surface area contributed by atoms with Gasteiger partial charge in [0.2, 0.25) is 15.9 Å². The number of rotatable bonds is 7. The summed E-state index contributed by atoms with van der Waals surface area (Å²) in [5, 5.41) is 0. The van der Waals surface area contributed by atoms with Gasteiger partial charge in [0.1, 0.15) is 16.5 Å². The van der Waals surface area contributed by atoms with Gasteiger partial charge in [-0.3, -0.25) is 4.79 Å². The molecule has 0 radical (unpaired) electrons. The lowest BCUT2D eigenvalue weighted by atomic mass is 9.93. The van der Waals surface area contributed by atoms with Gasteiger partial charge >= 0.3 is 6.36 Å². The molecule has 1 amide bonds. The number of hydrogen-bond donors (Lipinski definition) is 0. The number of alkyl halides is 3. The van der Waals surface area contributed by atoms with Gasteiger partial charge in [-0.2, -0.15) is 4.31 Å². The highest BCUT2D eigenvalue weighted by Crippen LogP contribution is 2.37. The monoisotopic (exact) mass is 529 g/mol. The van der Waals surface area contributed by atoms with E-state index in [9.17, 15) is 26.4 Å². The molecule has 0 aromatic heterocycles. The van der Waals surface area contributed by atoms with Crippen molar-refractivity contribution in [3.63, 3.8) is 0 Å². The van der Waals surface area contributed by atoms with Crippen LogP contribution in [-0.4, -0.2) is 62.1 Å². The Bertz CT molecular complexity index is 1210. The lowest BCUT2D eigenvalue weighted by Crippen LogP contribution is -2.48. The van der Waals surface area contributed by atoms with E-state index in [4.69, 9.17) is 0 Å². The van der Waals surface area contributed by atoms with Crippen LogP contribution < -0.4 is 9.64 Å². The number of ether oxygens (including phenoxy) is 1. The van der Waals surface area contributed by atoms with E-state index < -0.39 is 38.9 Å². The molecule has 0 unspecified atom stereocenters. The van der Waals surface area contributed by atoms with Gasteiger partial charge in [-0.05, 0) is 37.1 Å². The zero-order chi connectivity index (χ0) is 26.1. The molecule has 12 heteroatoms. The topological polar surface area (TPSA) is 70.2 Å². The summed E-state index contributed by atoms with van der Waals surface area (Å²) in [4.78, 5) is 14.6. The van der Waals surface area contributed by atoms with Gasteiger partial charge < -0.3 is 14.5 Å². The number of carbonyl (C=O) groups is 1. The standard InChI is InChI=1S/C24H27F4N3O4S/c1-17(32)29-11-13-30(14-12-29)20-10-9-18(21(25)15-20)16-31(19-5-4-6-19)36(33,34)23-8-3-2-7-22(23)35-24(26,27)28/h2-3,7-10,15,19H,4-6,11-14,16H2,1H3. The van der Waals surface area contributed by atoms with Crippen molar-refractivity contribution in [3.05, 3.63) is 53.8 Å². The van der Waals surface area contributed by atoms with Crippen molar-refractivity contribution in [3.8, 4) is 5.75 Å². The van der Waals surface area contributed by atoms with E-state index in [0.717, 1.165) is 22.9 Å². The number of amides is 1. The number of piperazine rings is 1. The number of halogens is 4. The molecule has 2 aliphatic rings. The average Bonchev–Trinajstić information content (AvgIpc) is 2.77. The fourth-order valence-electron chi connectivity index (χ4n) is 4.39. The van der Waals surface area contributed by atoms with Crippen LogP contribution in [0.15, 0.2) is 47.4 Å². The van der Waals surface area contributed by atoms with Gasteiger partial charge in [-0.1, -0.05) is 24.6 Å². The van der Waals surface area contributed by atoms with Gasteiger partial charge in [0.25, 0.3) is 0 Å². The van der Waals surface area contributed by atoms with E-state index in [-0.39, 0.29) is 18.0 Å². The van der Waals surface area contributed by atoms with E-state index in [1.807, 2.05) is 4.90 Å². The second-order valence-corrected chi connectivity index (χ2v) is 10.8. The zero-order valence-corrected chi connectivity index (χ0v) is 20.5. The van der Waals surface area contributed by atoms with E-state index in [1.54, 1.807) is 11.0 Å². The van der Waals surface area contributed by atoms with Gasteiger partial charge in [0.15, 0.2) is 0 Å². The van der Waals surface area contributed by atoms with Crippen molar-refractivity contribution in [2.24, 2.45) is 0 Å². The van der Waals surface area contributed by atoms with Crippen LogP contribution in [0.4, 0.5) is 23.2 Å². The predicted octanol–water partition coefficient (Wildman–Crippen LogP) is 4.14. The van der Waals surface area contributed by atoms with Crippen LogP contribution in [-0.2, 0) is 21.4 Å². The Kier molecular flexibility index (Phi) is 7.46. The summed E-state index contributed by atoms with van der Waals surface area (Å²) >= 11 is 0. The van der Waals surface area contributed by atoms with Gasteiger partial charge in [0, 0.05) is 56.9 Å². The van der Waals surface area contributed by atoms with Crippen molar-refractivity contribution in [2.45, 2.75) is 50.0 Å². The number of nitrogens with zero attached hydrogens (tertiary/aromatic N) is 3. The molecule has 0 atom stereocenters. The molecule has 1 saturated carbocycles. The number of anilines is 1. The Morgan fingerprint density at radius 3 is 2.31 bits per heavy atom. The normalized spacial score (nSPS) is 17.3. The molecular weight excluding hydrogens is 502 g/mol. The van der Waals surface area contributed by atoms with Crippen LogP contribution in [0.2, 0.25) is 0 Å². The number of carbonyl (C=O) groups excluding carboxylic acids is 1. The molecule has 196 valence electrons. The molecule has 0 bridgehead atoms. The maximum absolute atomic E-state index is 15.2. The summed E-state index contributed by atoms with van der Waals surface area (Å²) in [7, 11) is -4.43. The molecule has 2 aromatic rings. The molecule has 36 heavy (non-hydrogen) atoms. The Labute approximate surface area is 207 Å². The first-order valence-electron chi connectivity index (χ1n) is 11.6. The SMILES string of the molecule is CC(=O)N1CCN(c2ccc(CN(C3CCC3)S(=O)(=O)c3ccccc3OC(F)(F)F)c(F)c2)CC1. The minimum Gasteiger partial charge on any atom is -0.404 e. The lowest BCUT2D eigenvalue weighted by Gasteiger charge is -2.37. The second-order valence-electron chi connectivity index (χ2n) is 8.90. The van der Waals surface area contributed by atoms with Crippen LogP contribution >= 0.6 is 0 Å². The number of para-hydroxylation sites is 1. The van der Waals surface area contributed by atoms with Crippen LogP contribution in [0.25, 0.3) is 0 Å². The highest BCUT2D eigenvalue weighted by molar-refractivity contribution is 7.89. The smallest absolute Gasteiger partial charge is 0.404 e. The van der Waals surface area contributed by atoms with E-state index in [0.29, 0.717) is 44.7 Å². The Hall–Kier alpha value is -2.86. The maximum atomic E-state index is 15.2. The maximum Gasteiger partial charge on any atom is 0.573 e. The Morgan fingerprint density at radius 1 is 1.08 bits per heavy atom. The summed E-state index contributed by atoms with van der Waals surface area (Å²) in [6, 6.07) is 8.63. The van der Waals surface area contributed by atoms with E-state index in [1.165, 1.54) is 31.2 Å². The largest absolute Gasteiger partial charge is 0.573 e. The zero-order valence-electron chi connectivity index (χ0n) is 19.7. The molecule has 0 spiro atoms. The highest BCUT2D eigenvalue weighted by Gasteiger charge is 2.39. The molecule has 7 nitrogen and oxygen atoms in total. The predicted molar refractivity (Wildman–Crippen MR) is 124 cm³/mol. The number of hydrogen-bond acceptors (Lipinski definition) is 5. The first-order valence-corrected chi connectivity index (χ1v) is 13.1. The molecule has 2 aromatic carbocycles. The first-order chi connectivity index (χ1) is 17.0. The molecule has 1 saturated heterocycles. The Morgan fingerprint density at radius 2 is 1.75 bits per heavy atom. The summed E-state index contributed by atoms with van der Waals surface area (Å²) in [5.41, 5.74) is 0.729. The van der Waals surface area contributed by atoms with Crippen LogP contribution in [0.5, 0.6) is 5.75 Å². The molecule has 1 heterocycles. The molecule has 2 fully saturated rings. The van der Waals surface area contributed by atoms with Crippen LogP contribution in [0, 0.1) is 5.82 Å². The molecule has 0 N–H and O–H groups in total. The van der Waals surface area contributed by atoms with E-state index in [2.05, 4.69) is 4.74 Å². The van der Waals surface area contributed by atoms with Crippen LogP contribution in [0.1, 0.15) is 31.7 Å². The van der Waals surface area contributed by atoms with Gasteiger partial charge in [-0.15, -0.1) is 13.2 Å². The van der Waals surface area contributed by atoms with Gasteiger partial charge in [-0.25, -0.2) is 12.8 Å². The molecule has 4 rings (SSSR count). The third-order valence-corrected chi connectivity index (χ3v) is 8.53. The van der Waals surface area contributed by atoms with Gasteiger partial charge in [0.05, 0.1) is 0 Å². The lowest BCUT2D eigenvalue weighted by molar-refractivity contribution is -0.275. The fourth-order valence-corrected chi connectivity index (χ4v) is 6.17. The minimum atomic E-state index is -5.06. The summed E-state index contributed by atoms with van der Waals surface area (Å²) in [5.74, 6) is -1.45. The molecule has 1 aliphatic carbocycles. The quantitative estimate of drug-likeness (QED) is 0.505. The third-order valence-electron chi connectivity index (χ3n) is 6.60. The number of sulfonamides is 1. The summed E-state index contributed by atoms with van der Waals surface area (Å²) in [6.45, 7) is 3.29. The number of benzene rings is 2. The molecular formula is C24H27F4N3O4S. The van der Waals surface area contributed by atoms with Crippen molar-refractivity contribution < 1.29 is 35.5 Å². The second kappa shape index (κ2) is 10.3. The average molecular weight is 530 g/mol. The van der Waals surface area contributed by atoms with Crippen molar-refractivity contribution >= 4 is 21.6 Å². The first kappa shape index (κ1) is 26.2. The summed E-state index contributed by atoms with van der Waals surface area (Å²) in [6.07, 6.45) is -3.24. The van der Waals surface area contributed by atoms with Crippen molar-refractivity contribution in [1.82, 2.24) is 9.21 Å². The van der Waals surface area contributed by atoms with Crippen molar-refractivity contribution in [2.75, 3.05) is 31.1 Å².